The molecule has 0 spiro atoms. The van der Waals surface area contributed by atoms with Crippen molar-refractivity contribution in [2.45, 2.75) is 51.9 Å². The van der Waals surface area contributed by atoms with Gasteiger partial charge in [-0.2, -0.15) is 0 Å². The van der Waals surface area contributed by atoms with Crippen molar-refractivity contribution in [1.29, 1.82) is 0 Å². The lowest BCUT2D eigenvalue weighted by atomic mass is 9.97. The van der Waals surface area contributed by atoms with E-state index in [0.29, 0.717) is 62.6 Å². The zero-order chi connectivity index (χ0) is 26.4. The predicted octanol–water partition coefficient (Wildman–Crippen LogP) is 4.10. The molecule has 2 fully saturated rings. The molecular weight excluding hydrogens is 468 g/mol. The van der Waals surface area contributed by atoms with E-state index < -0.39 is 0 Å². The van der Waals surface area contributed by atoms with E-state index in [9.17, 15) is 10.2 Å². The molecule has 8 atom stereocenters. The maximum Gasteiger partial charge on any atom is 0.0701 e. The van der Waals surface area contributed by atoms with Gasteiger partial charge in [-0.3, -0.25) is 4.98 Å². The Kier molecular flexibility index (Phi) is 9.96. The maximum atomic E-state index is 10.5. The van der Waals surface area contributed by atoms with Crippen LogP contribution in [0.1, 0.15) is 50.1 Å². The second-order valence-electron chi connectivity index (χ2n) is 10.8. The molecule has 0 aliphatic heterocycles. The van der Waals surface area contributed by atoms with Crippen LogP contribution in [0.5, 0.6) is 0 Å². The molecule has 0 amide bonds. The molecule has 2 aliphatic rings. The topological polar surface area (TPSA) is 86.0 Å². The van der Waals surface area contributed by atoms with Crippen LogP contribution in [0.3, 0.4) is 0 Å². The van der Waals surface area contributed by atoms with Crippen LogP contribution in [-0.2, 0) is 20.8 Å². The minimum absolute atomic E-state index is 0.199. The normalized spacial score (nSPS) is 28.5. The summed E-state index contributed by atoms with van der Waals surface area (Å²) in [4.78, 5) is 4.11. The molecule has 0 saturated heterocycles. The first-order valence-corrected chi connectivity index (χ1v) is 13.7. The summed E-state index contributed by atoms with van der Waals surface area (Å²) < 4.78 is 18.8. The monoisotopic (exact) mass is 512 g/mol. The first-order valence-electron chi connectivity index (χ1n) is 13.7. The van der Waals surface area contributed by atoms with Gasteiger partial charge in [0, 0.05) is 43.4 Å². The second kappa shape index (κ2) is 13.2. The fourth-order valence-electron chi connectivity index (χ4n) is 5.79. The summed E-state index contributed by atoms with van der Waals surface area (Å²) in [5, 5.41) is 20.7. The molecule has 0 bridgehead atoms. The van der Waals surface area contributed by atoms with Gasteiger partial charge in [0.2, 0.25) is 0 Å². The van der Waals surface area contributed by atoms with E-state index in [2.05, 4.69) is 47.7 Å². The number of pyridine rings is 1. The summed E-state index contributed by atoms with van der Waals surface area (Å²) in [5.41, 5.74) is 3.56. The molecule has 4 rings (SSSR count). The van der Waals surface area contributed by atoms with E-state index in [1.807, 2.05) is 19.1 Å². The molecule has 2 aromatic rings. The predicted molar refractivity (Wildman–Crippen MR) is 145 cm³/mol. The molecule has 7 nitrogen and oxygen atoms in total. The second-order valence-corrected chi connectivity index (χ2v) is 10.8. The molecule has 8 unspecified atom stereocenters. The standard InChI is InChI=1S/C30H44N2O5/c1-20(22(3)33)19-25-28(29(25)27-21(2)30(27)34)26-8-7-24(6-5-23-9-11-31-12-10-23)32(26)13-14-36-17-18-37-16-15-35-4/h5-12,20-22,25,27-30,33-34H,13-19H2,1-4H3/b6-5+. The highest BCUT2D eigenvalue weighted by Gasteiger charge is 2.65. The van der Waals surface area contributed by atoms with E-state index in [0.717, 1.165) is 24.2 Å². The molecular formula is C30H44N2O5. The Morgan fingerprint density at radius 3 is 2.30 bits per heavy atom. The number of hydrogen-bond donors (Lipinski definition) is 2. The molecule has 7 heteroatoms. The average Bonchev–Trinajstić information content (AvgIpc) is 3.67. The molecule has 37 heavy (non-hydrogen) atoms. The largest absolute Gasteiger partial charge is 0.393 e. The quantitative estimate of drug-likeness (QED) is 0.330. The molecule has 2 heterocycles. The van der Waals surface area contributed by atoms with E-state index in [1.165, 1.54) is 5.69 Å². The highest BCUT2D eigenvalue weighted by molar-refractivity contribution is 5.68. The van der Waals surface area contributed by atoms with Crippen molar-refractivity contribution >= 4 is 12.2 Å². The summed E-state index contributed by atoms with van der Waals surface area (Å²) in [6.45, 7) is 9.79. The van der Waals surface area contributed by atoms with E-state index in [1.54, 1.807) is 19.5 Å². The van der Waals surface area contributed by atoms with Crippen LogP contribution >= 0.6 is 0 Å². The Hall–Kier alpha value is -2.03. The van der Waals surface area contributed by atoms with Gasteiger partial charge in [-0.1, -0.05) is 19.9 Å². The van der Waals surface area contributed by atoms with Crippen LogP contribution in [-0.4, -0.2) is 72.1 Å². The number of hydrogen-bond acceptors (Lipinski definition) is 6. The van der Waals surface area contributed by atoms with Crippen LogP contribution in [0.25, 0.3) is 12.2 Å². The molecule has 0 radical (unpaired) electrons. The van der Waals surface area contributed by atoms with Gasteiger partial charge in [-0.15, -0.1) is 0 Å². The van der Waals surface area contributed by atoms with Crippen molar-refractivity contribution in [1.82, 2.24) is 9.55 Å². The lowest BCUT2D eigenvalue weighted by Crippen LogP contribution is -2.15. The van der Waals surface area contributed by atoms with Crippen molar-refractivity contribution in [2.24, 2.45) is 29.6 Å². The van der Waals surface area contributed by atoms with Gasteiger partial charge in [-0.05, 0) is 78.8 Å². The smallest absolute Gasteiger partial charge is 0.0701 e. The van der Waals surface area contributed by atoms with Gasteiger partial charge >= 0.3 is 0 Å². The molecule has 0 aromatic carbocycles. The van der Waals surface area contributed by atoms with Crippen LogP contribution in [0.4, 0.5) is 0 Å². The zero-order valence-corrected chi connectivity index (χ0v) is 22.7. The van der Waals surface area contributed by atoms with Crippen LogP contribution in [0.2, 0.25) is 0 Å². The van der Waals surface area contributed by atoms with Crippen molar-refractivity contribution in [2.75, 3.05) is 40.1 Å². The lowest BCUT2D eigenvalue weighted by molar-refractivity contribution is 0.0229. The third kappa shape index (κ3) is 7.09. The number of aliphatic hydroxyl groups excluding tert-OH is 2. The Labute approximate surface area is 221 Å². The Morgan fingerprint density at radius 2 is 1.65 bits per heavy atom. The van der Waals surface area contributed by atoms with Crippen molar-refractivity contribution < 1.29 is 24.4 Å². The highest BCUT2D eigenvalue weighted by Crippen LogP contribution is 2.67. The van der Waals surface area contributed by atoms with Gasteiger partial charge < -0.3 is 29.0 Å². The maximum absolute atomic E-state index is 10.5. The zero-order valence-electron chi connectivity index (χ0n) is 22.7. The van der Waals surface area contributed by atoms with Gasteiger partial charge in [0.25, 0.3) is 0 Å². The average molecular weight is 513 g/mol. The van der Waals surface area contributed by atoms with Gasteiger partial charge in [0.1, 0.15) is 0 Å². The van der Waals surface area contributed by atoms with Gasteiger partial charge in [-0.25, -0.2) is 0 Å². The summed E-state index contributed by atoms with van der Waals surface area (Å²) in [6, 6.07) is 8.44. The third-order valence-corrected chi connectivity index (χ3v) is 8.35. The summed E-state index contributed by atoms with van der Waals surface area (Å²) >= 11 is 0. The first kappa shape index (κ1) is 28.0. The third-order valence-electron chi connectivity index (χ3n) is 8.35. The lowest BCUT2D eigenvalue weighted by Gasteiger charge is -2.15. The van der Waals surface area contributed by atoms with E-state index >= 15 is 0 Å². The fraction of sp³-hybridized carbons (Fsp3) is 0.633. The molecule has 204 valence electrons. The number of aromatic nitrogens is 2. The fourth-order valence-corrected chi connectivity index (χ4v) is 5.79. The number of aliphatic hydroxyl groups is 2. The molecule has 2 aromatic heterocycles. The SMILES string of the molecule is COCCOCCOCCn1c(/C=C/c2ccncc2)ccc1C1C(CC(C)C(C)O)C1C1C(C)C1O. The minimum atomic E-state index is -0.325. The molecule has 2 saturated carbocycles. The van der Waals surface area contributed by atoms with Gasteiger partial charge in [0.15, 0.2) is 0 Å². The number of ether oxygens (including phenoxy) is 3. The van der Waals surface area contributed by atoms with Crippen molar-refractivity contribution in [3.63, 3.8) is 0 Å². The first-order chi connectivity index (χ1) is 17.9. The number of methoxy groups -OCH3 is 1. The van der Waals surface area contributed by atoms with Crippen LogP contribution < -0.4 is 0 Å². The summed E-state index contributed by atoms with van der Waals surface area (Å²) in [7, 11) is 1.67. The van der Waals surface area contributed by atoms with Crippen molar-refractivity contribution in [3.8, 4) is 0 Å². The summed E-state index contributed by atoms with van der Waals surface area (Å²) in [6.07, 6.45) is 8.34. The van der Waals surface area contributed by atoms with Crippen molar-refractivity contribution in [3.05, 3.63) is 53.6 Å². The van der Waals surface area contributed by atoms with E-state index in [4.69, 9.17) is 14.2 Å². The number of nitrogens with zero attached hydrogens (tertiary/aromatic N) is 2. The van der Waals surface area contributed by atoms with E-state index in [-0.39, 0.29) is 18.1 Å². The van der Waals surface area contributed by atoms with Gasteiger partial charge in [0.05, 0.1) is 45.2 Å². The Balaban J connectivity index is 1.49. The van der Waals surface area contributed by atoms with Crippen LogP contribution in [0, 0.1) is 29.6 Å². The highest BCUT2D eigenvalue weighted by atomic mass is 16.5. The Bertz CT molecular complexity index is 983. The number of rotatable bonds is 16. The minimum Gasteiger partial charge on any atom is -0.393 e. The summed E-state index contributed by atoms with van der Waals surface area (Å²) in [5.74, 6) is 2.29. The Morgan fingerprint density at radius 1 is 0.973 bits per heavy atom. The van der Waals surface area contributed by atoms with Crippen LogP contribution in [0.15, 0.2) is 36.7 Å². The molecule has 2 aliphatic carbocycles. The molecule has 2 N–H and O–H groups in total.